The first kappa shape index (κ1) is 20.0. The Labute approximate surface area is 166 Å². The zero-order chi connectivity index (χ0) is 20.7. The predicted molar refractivity (Wildman–Crippen MR) is 109 cm³/mol. The largest absolute Gasteiger partial charge is 0.386 e. The number of primary amides is 1. The number of sulfone groups is 1. The number of nitrogens with two attached hydrogens (primary N) is 2. The molecule has 2 unspecified atom stereocenters. The van der Waals surface area contributed by atoms with E-state index in [2.05, 4.69) is 20.0 Å². The summed E-state index contributed by atoms with van der Waals surface area (Å²) >= 11 is 1.23. The van der Waals surface area contributed by atoms with E-state index in [1.165, 1.54) is 17.7 Å². The van der Waals surface area contributed by atoms with Crippen molar-refractivity contribution in [2.45, 2.75) is 18.9 Å². The van der Waals surface area contributed by atoms with Crippen LogP contribution in [0, 0.1) is 18.3 Å². The first-order valence-electron chi connectivity index (χ1n) is 8.31. The summed E-state index contributed by atoms with van der Waals surface area (Å²) in [5.74, 6) is -1.22. The molecule has 0 bridgehead atoms. The predicted octanol–water partition coefficient (Wildman–Crippen LogP) is 0.840. The number of anilines is 3. The monoisotopic (exact) mass is 423 g/mol. The molecule has 1 aliphatic rings. The van der Waals surface area contributed by atoms with Crippen LogP contribution in [0.1, 0.15) is 22.6 Å². The first-order chi connectivity index (χ1) is 13.0. The normalized spacial score (nSPS) is 21.1. The SMILES string of the molecule is Cc1cc(Nc2cc(NC3(C(=N)N)CC3CS(C)(=O)=O)cnc2C(N)=O)sn1. The second-order valence-corrected chi connectivity index (χ2v) is 9.94. The molecule has 0 aromatic carbocycles. The standard InChI is InChI=1S/C16H21N7O3S2/c1-8-3-12(27-23-8)21-11-4-10(6-20-13(11)14(17)24)22-16(15(18)19)5-9(16)7-28(2,25)26/h3-4,6,9,21-22H,5,7H2,1-2H3,(H2,17,24)(H3,18,19). The lowest BCUT2D eigenvalue weighted by Crippen LogP contribution is -2.40. The highest BCUT2D eigenvalue weighted by Crippen LogP contribution is 2.47. The number of pyridine rings is 1. The summed E-state index contributed by atoms with van der Waals surface area (Å²) in [4.78, 5) is 15.8. The van der Waals surface area contributed by atoms with E-state index in [0.29, 0.717) is 22.8 Å². The summed E-state index contributed by atoms with van der Waals surface area (Å²) < 4.78 is 27.4. The second kappa shape index (κ2) is 7.02. The quantitative estimate of drug-likeness (QED) is 0.306. The van der Waals surface area contributed by atoms with Crippen LogP contribution in [-0.2, 0) is 9.84 Å². The van der Waals surface area contributed by atoms with E-state index in [4.69, 9.17) is 16.9 Å². The van der Waals surface area contributed by atoms with Gasteiger partial charge in [0.2, 0.25) is 0 Å². The molecular weight excluding hydrogens is 402 g/mol. The fraction of sp³-hybridized carbons (Fsp3) is 0.375. The van der Waals surface area contributed by atoms with Crippen LogP contribution in [0.3, 0.4) is 0 Å². The number of aryl methyl sites for hydroxylation is 1. The van der Waals surface area contributed by atoms with Gasteiger partial charge in [0.25, 0.3) is 5.91 Å². The highest BCUT2D eigenvalue weighted by molar-refractivity contribution is 7.90. The van der Waals surface area contributed by atoms with Crippen molar-refractivity contribution in [1.82, 2.24) is 9.36 Å². The smallest absolute Gasteiger partial charge is 0.269 e. The first-order valence-corrected chi connectivity index (χ1v) is 11.1. The van der Waals surface area contributed by atoms with Crippen LogP contribution in [0.4, 0.5) is 16.4 Å². The highest BCUT2D eigenvalue weighted by atomic mass is 32.2. The summed E-state index contributed by atoms with van der Waals surface area (Å²) in [6, 6.07) is 3.44. The number of nitrogens with zero attached hydrogens (tertiary/aromatic N) is 2. The molecule has 2 heterocycles. The second-order valence-electron chi connectivity index (χ2n) is 6.95. The van der Waals surface area contributed by atoms with Gasteiger partial charge in [0.15, 0.2) is 5.69 Å². The van der Waals surface area contributed by atoms with E-state index in [9.17, 15) is 13.2 Å². The molecule has 0 spiro atoms. The summed E-state index contributed by atoms with van der Waals surface area (Å²) in [5.41, 5.74) is 11.9. The molecule has 0 radical (unpaired) electrons. The zero-order valence-corrected chi connectivity index (χ0v) is 16.9. The fourth-order valence-corrected chi connectivity index (χ4v) is 4.89. The van der Waals surface area contributed by atoms with E-state index >= 15 is 0 Å². The van der Waals surface area contributed by atoms with Gasteiger partial charge >= 0.3 is 0 Å². The molecule has 1 fully saturated rings. The average Bonchev–Trinajstić information content (AvgIpc) is 3.06. The maximum atomic E-state index is 11.7. The van der Waals surface area contributed by atoms with Crippen molar-refractivity contribution in [1.29, 1.82) is 5.41 Å². The van der Waals surface area contributed by atoms with Crippen molar-refractivity contribution >= 4 is 49.5 Å². The number of rotatable bonds is 8. The molecule has 1 saturated carbocycles. The van der Waals surface area contributed by atoms with Crippen LogP contribution in [0.2, 0.25) is 0 Å². The third kappa shape index (κ3) is 4.22. The number of carbonyl (C=O) groups excluding carboxylic acids is 1. The summed E-state index contributed by atoms with van der Waals surface area (Å²) in [5, 5.41) is 14.8. The molecule has 2 aromatic heterocycles. The maximum absolute atomic E-state index is 11.7. The minimum atomic E-state index is -3.21. The minimum absolute atomic E-state index is 0.0527. The molecule has 1 aliphatic carbocycles. The van der Waals surface area contributed by atoms with Crippen LogP contribution in [0.25, 0.3) is 0 Å². The Morgan fingerprint density at radius 1 is 1.43 bits per heavy atom. The van der Waals surface area contributed by atoms with Crippen LogP contribution >= 0.6 is 11.5 Å². The maximum Gasteiger partial charge on any atom is 0.269 e. The number of hydrogen-bond acceptors (Lipinski definition) is 9. The van der Waals surface area contributed by atoms with E-state index in [-0.39, 0.29) is 23.2 Å². The van der Waals surface area contributed by atoms with Crippen molar-refractivity contribution in [2.75, 3.05) is 22.6 Å². The van der Waals surface area contributed by atoms with Crippen molar-refractivity contribution < 1.29 is 13.2 Å². The van der Waals surface area contributed by atoms with Gasteiger partial charge in [-0.1, -0.05) is 0 Å². The number of hydrogen-bond donors (Lipinski definition) is 5. The summed E-state index contributed by atoms with van der Waals surface area (Å²) in [6.45, 7) is 1.85. The fourth-order valence-electron chi connectivity index (χ4n) is 3.08. The molecule has 7 N–H and O–H groups in total. The average molecular weight is 424 g/mol. The Morgan fingerprint density at radius 3 is 2.68 bits per heavy atom. The van der Waals surface area contributed by atoms with Gasteiger partial charge in [-0.3, -0.25) is 10.2 Å². The van der Waals surface area contributed by atoms with Crippen molar-refractivity contribution in [3.05, 3.63) is 29.7 Å². The third-order valence-electron chi connectivity index (χ3n) is 4.46. The lowest BCUT2D eigenvalue weighted by molar-refractivity contribution is 0.0996. The van der Waals surface area contributed by atoms with Gasteiger partial charge in [-0.15, -0.1) is 0 Å². The van der Waals surface area contributed by atoms with Gasteiger partial charge in [-0.2, -0.15) is 4.37 Å². The molecule has 1 amide bonds. The van der Waals surface area contributed by atoms with E-state index in [1.54, 1.807) is 6.07 Å². The minimum Gasteiger partial charge on any atom is -0.386 e. The highest BCUT2D eigenvalue weighted by Gasteiger charge is 2.58. The molecular formula is C16H21N7O3S2. The Bertz CT molecular complexity index is 1050. The van der Waals surface area contributed by atoms with Crippen molar-refractivity contribution in [2.24, 2.45) is 17.4 Å². The Hall–Kier alpha value is -2.73. The van der Waals surface area contributed by atoms with Crippen LogP contribution < -0.4 is 22.1 Å². The number of aromatic nitrogens is 2. The molecule has 12 heteroatoms. The Balaban J connectivity index is 1.89. The zero-order valence-electron chi connectivity index (χ0n) is 15.3. The third-order valence-corrected chi connectivity index (χ3v) is 6.27. The molecule has 0 saturated heterocycles. The van der Waals surface area contributed by atoms with E-state index < -0.39 is 21.3 Å². The number of carbonyl (C=O) groups is 1. The van der Waals surface area contributed by atoms with Crippen molar-refractivity contribution in [3.8, 4) is 0 Å². The van der Waals surface area contributed by atoms with Gasteiger partial charge in [0.05, 0.1) is 34.6 Å². The topological polar surface area (TPSA) is 177 Å². The molecule has 2 atom stereocenters. The molecule has 28 heavy (non-hydrogen) atoms. The van der Waals surface area contributed by atoms with E-state index in [1.807, 2.05) is 13.0 Å². The van der Waals surface area contributed by atoms with E-state index in [0.717, 1.165) is 11.9 Å². The van der Waals surface area contributed by atoms with Crippen LogP contribution in [0.5, 0.6) is 0 Å². The van der Waals surface area contributed by atoms with Gasteiger partial charge in [-0.05, 0) is 37.0 Å². The molecule has 0 aliphatic heterocycles. The lowest BCUT2D eigenvalue weighted by Gasteiger charge is -2.20. The Kier molecular flexibility index (Phi) is 5.02. The Morgan fingerprint density at radius 2 is 2.14 bits per heavy atom. The lowest BCUT2D eigenvalue weighted by atomic mass is 10.1. The van der Waals surface area contributed by atoms with Gasteiger partial charge in [0, 0.05) is 12.2 Å². The van der Waals surface area contributed by atoms with Gasteiger partial charge in [-0.25, -0.2) is 13.4 Å². The molecule has 2 aromatic rings. The molecule has 3 rings (SSSR count). The molecule has 150 valence electrons. The number of amidine groups is 1. The van der Waals surface area contributed by atoms with Gasteiger partial charge < -0.3 is 22.1 Å². The summed E-state index contributed by atoms with van der Waals surface area (Å²) in [6.07, 6.45) is 2.98. The number of nitrogens with one attached hydrogen (secondary N) is 3. The van der Waals surface area contributed by atoms with Gasteiger partial charge in [0.1, 0.15) is 20.7 Å². The molecule has 10 nitrogen and oxygen atoms in total. The van der Waals surface area contributed by atoms with Crippen LogP contribution in [0.15, 0.2) is 18.3 Å². The number of amides is 1. The van der Waals surface area contributed by atoms with Crippen molar-refractivity contribution in [3.63, 3.8) is 0 Å². The van der Waals surface area contributed by atoms with Crippen LogP contribution in [-0.4, -0.2) is 47.1 Å². The summed E-state index contributed by atoms with van der Waals surface area (Å²) in [7, 11) is -3.21.